The van der Waals surface area contributed by atoms with Crippen molar-refractivity contribution in [3.63, 3.8) is 0 Å². The van der Waals surface area contributed by atoms with Crippen LogP contribution in [0, 0.1) is 0 Å². The first kappa shape index (κ1) is 15.8. The Morgan fingerprint density at radius 1 is 1.19 bits per heavy atom. The Hall–Kier alpha value is -0.160. The Morgan fingerprint density at radius 2 is 1.81 bits per heavy atom. The fourth-order valence-electron chi connectivity index (χ4n) is 1.54. The number of nitrogens with zero attached hydrogens (tertiary/aromatic N) is 2. The predicted octanol–water partition coefficient (Wildman–Crippen LogP) is 0.624. The van der Waals surface area contributed by atoms with Crippen LogP contribution in [0.4, 0.5) is 0 Å². The number of hydrogen-bond donors (Lipinski definition) is 1. The summed E-state index contributed by atoms with van der Waals surface area (Å²) >= 11 is 0. The van der Waals surface area contributed by atoms with Crippen molar-refractivity contribution in [2.75, 3.05) is 54.0 Å². The zero-order valence-electron chi connectivity index (χ0n) is 11.6. The topological polar surface area (TPSA) is 41.7 Å². The highest BCUT2D eigenvalue weighted by molar-refractivity contribution is 4.85. The van der Waals surface area contributed by atoms with Crippen LogP contribution >= 0.6 is 0 Å². The Labute approximate surface area is 101 Å². The van der Waals surface area contributed by atoms with Gasteiger partial charge in [-0.3, -0.25) is 4.90 Å². The van der Waals surface area contributed by atoms with Crippen LogP contribution in [0.3, 0.4) is 0 Å². The van der Waals surface area contributed by atoms with Crippen LogP contribution in [0.2, 0.25) is 0 Å². The lowest BCUT2D eigenvalue weighted by molar-refractivity contribution is 0.0229. The van der Waals surface area contributed by atoms with E-state index < -0.39 is 0 Å². The second-order valence-electron chi connectivity index (χ2n) is 4.92. The minimum absolute atomic E-state index is 0.0394. The standard InChI is InChI=1S/C12H29N3O/c1-6-16-11-12(2,10-13)15(5)9-7-8-14(3)4/h6-11,13H2,1-5H3. The Kier molecular flexibility index (Phi) is 7.93. The van der Waals surface area contributed by atoms with Crippen LogP contribution in [-0.4, -0.2) is 69.3 Å². The minimum atomic E-state index is -0.0394. The molecule has 0 saturated heterocycles. The molecule has 1 atom stereocenters. The molecule has 0 saturated carbocycles. The van der Waals surface area contributed by atoms with Gasteiger partial charge in [0.25, 0.3) is 0 Å². The lowest BCUT2D eigenvalue weighted by Gasteiger charge is -2.38. The molecule has 4 heteroatoms. The van der Waals surface area contributed by atoms with Crippen molar-refractivity contribution < 1.29 is 4.74 Å². The van der Waals surface area contributed by atoms with E-state index in [0.29, 0.717) is 13.2 Å². The van der Waals surface area contributed by atoms with Crippen LogP contribution in [0.1, 0.15) is 20.3 Å². The van der Waals surface area contributed by atoms with E-state index in [4.69, 9.17) is 10.5 Å². The summed E-state index contributed by atoms with van der Waals surface area (Å²) in [7, 11) is 6.33. The van der Waals surface area contributed by atoms with Gasteiger partial charge in [0.05, 0.1) is 12.1 Å². The van der Waals surface area contributed by atoms with E-state index >= 15 is 0 Å². The van der Waals surface area contributed by atoms with Crippen molar-refractivity contribution in [1.29, 1.82) is 0 Å². The summed E-state index contributed by atoms with van der Waals surface area (Å²) in [5.41, 5.74) is 5.81. The highest BCUT2D eigenvalue weighted by Crippen LogP contribution is 2.12. The van der Waals surface area contributed by atoms with Crippen molar-refractivity contribution in [3.8, 4) is 0 Å². The van der Waals surface area contributed by atoms with Gasteiger partial charge in [-0.15, -0.1) is 0 Å². The van der Waals surface area contributed by atoms with Crippen molar-refractivity contribution in [2.45, 2.75) is 25.8 Å². The molecule has 98 valence electrons. The van der Waals surface area contributed by atoms with Gasteiger partial charge in [-0.1, -0.05) is 0 Å². The molecule has 0 aliphatic heterocycles. The average molecular weight is 231 g/mol. The summed E-state index contributed by atoms with van der Waals surface area (Å²) in [6.07, 6.45) is 1.16. The molecule has 4 nitrogen and oxygen atoms in total. The Balaban J connectivity index is 4.02. The first-order valence-corrected chi connectivity index (χ1v) is 6.10. The molecule has 0 rings (SSSR count). The summed E-state index contributed by atoms with van der Waals surface area (Å²) < 4.78 is 5.51. The van der Waals surface area contributed by atoms with Gasteiger partial charge in [0.1, 0.15) is 0 Å². The molecule has 2 N–H and O–H groups in total. The predicted molar refractivity (Wildman–Crippen MR) is 69.8 cm³/mol. The van der Waals surface area contributed by atoms with Gasteiger partial charge in [0.2, 0.25) is 0 Å². The lowest BCUT2D eigenvalue weighted by Crippen LogP contribution is -2.53. The smallest absolute Gasteiger partial charge is 0.0659 e. The average Bonchev–Trinajstić information content (AvgIpc) is 2.25. The van der Waals surface area contributed by atoms with E-state index in [1.807, 2.05) is 6.92 Å². The molecule has 0 fully saturated rings. The highest BCUT2D eigenvalue weighted by atomic mass is 16.5. The number of nitrogens with two attached hydrogens (primary N) is 1. The molecule has 1 unspecified atom stereocenters. The summed E-state index contributed by atoms with van der Waals surface area (Å²) in [4.78, 5) is 4.52. The van der Waals surface area contributed by atoms with E-state index in [1.54, 1.807) is 0 Å². The lowest BCUT2D eigenvalue weighted by atomic mass is 10.0. The van der Waals surface area contributed by atoms with Gasteiger partial charge < -0.3 is 15.4 Å². The number of hydrogen-bond acceptors (Lipinski definition) is 4. The second kappa shape index (κ2) is 8.01. The number of likely N-dealkylation sites (N-methyl/N-ethyl adjacent to an activating group) is 1. The minimum Gasteiger partial charge on any atom is -0.380 e. The summed E-state index contributed by atoms with van der Waals surface area (Å²) in [5.74, 6) is 0. The maximum atomic E-state index is 5.85. The largest absolute Gasteiger partial charge is 0.380 e. The van der Waals surface area contributed by atoms with Gasteiger partial charge in [0.15, 0.2) is 0 Å². The fraction of sp³-hybridized carbons (Fsp3) is 1.00. The van der Waals surface area contributed by atoms with Crippen molar-refractivity contribution in [2.24, 2.45) is 5.73 Å². The zero-order valence-corrected chi connectivity index (χ0v) is 11.6. The quantitative estimate of drug-likeness (QED) is 0.632. The van der Waals surface area contributed by atoms with E-state index in [-0.39, 0.29) is 5.54 Å². The van der Waals surface area contributed by atoms with Crippen molar-refractivity contribution >= 4 is 0 Å². The molecule has 0 aromatic rings. The van der Waals surface area contributed by atoms with Gasteiger partial charge in [-0.25, -0.2) is 0 Å². The Morgan fingerprint density at radius 3 is 2.25 bits per heavy atom. The molecule has 0 spiro atoms. The SMILES string of the molecule is CCOCC(C)(CN)N(C)CCCN(C)C. The van der Waals surface area contributed by atoms with Gasteiger partial charge >= 0.3 is 0 Å². The maximum absolute atomic E-state index is 5.85. The maximum Gasteiger partial charge on any atom is 0.0659 e. The van der Waals surface area contributed by atoms with Crippen LogP contribution in [0.25, 0.3) is 0 Å². The fourth-order valence-corrected chi connectivity index (χ4v) is 1.54. The molecule has 0 bridgehead atoms. The van der Waals surface area contributed by atoms with E-state index in [1.165, 1.54) is 0 Å². The first-order valence-electron chi connectivity index (χ1n) is 6.10. The molecule has 16 heavy (non-hydrogen) atoms. The summed E-state index contributed by atoms with van der Waals surface area (Å²) in [6.45, 7) is 8.44. The monoisotopic (exact) mass is 231 g/mol. The van der Waals surface area contributed by atoms with Gasteiger partial charge in [0, 0.05) is 13.2 Å². The Bertz CT molecular complexity index is 176. The van der Waals surface area contributed by atoms with E-state index in [0.717, 1.165) is 26.1 Å². The first-order chi connectivity index (χ1) is 7.46. The molecule has 0 aliphatic carbocycles. The summed E-state index contributed by atoms with van der Waals surface area (Å²) in [5, 5.41) is 0. The van der Waals surface area contributed by atoms with E-state index in [9.17, 15) is 0 Å². The van der Waals surface area contributed by atoms with Crippen molar-refractivity contribution in [3.05, 3.63) is 0 Å². The van der Waals surface area contributed by atoms with E-state index in [2.05, 4.69) is 37.9 Å². The van der Waals surface area contributed by atoms with Gasteiger partial charge in [-0.05, 0) is 54.5 Å². The molecular weight excluding hydrogens is 202 g/mol. The zero-order chi connectivity index (χ0) is 12.6. The normalized spacial score (nSPS) is 15.8. The molecule has 0 heterocycles. The van der Waals surface area contributed by atoms with Crippen molar-refractivity contribution in [1.82, 2.24) is 9.80 Å². The molecule has 0 aromatic heterocycles. The second-order valence-corrected chi connectivity index (χ2v) is 4.92. The molecule has 0 aromatic carbocycles. The van der Waals surface area contributed by atoms with Crippen LogP contribution < -0.4 is 5.73 Å². The molecule has 0 radical (unpaired) electrons. The highest BCUT2D eigenvalue weighted by Gasteiger charge is 2.27. The van der Waals surface area contributed by atoms with Crippen LogP contribution in [0.15, 0.2) is 0 Å². The molecular formula is C12H29N3O. The third kappa shape index (κ3) is 5.80. The van der Waals surface area contributed by atoms with Gasteiger partial charge in [-0.2, -0.15) is 0 Å². The summed E-state index contributed by atoms with van der Waals surface area (Å²) in [6, 6.07) is 0. The number of ether oxygens (including phenoxy) is 1. The third-order valence-electron chi connectivity index (χ3n) is 3.08. The molecule has 0 amide bonds. The van der Waals surface area contributed by atoms with Crippen LogP contribution in [0.5, 0.6) is 0 Å². The van der Waals surface area contributed by atoms with Crippen LogP contribution in [-0.2, 0) is 4.74 Å². The number of rotatable bonds is 9. The third-order valence-corrected chi connectivity index (χ3v) is 3.08. The molecule has 0 aliphatic rings.